The fourth-order valence-corrected chi connectivity index (χ4v) is 2.07. The van der Waals surface area contributed by atoms with Crippen molar-refractivity contribution in [2.75, 3.05) is 19.6 Å². The predicted molar refractivity (Wildman–Crippen MR) is 72.2 cm³/mol. The number of hydrogen-bond donors (Lipinski definition) is 0. The van der Waals surface area contributed by atoms with Crippen molar-refractivity contribution in [1.29, 1.82) is 0 Å². The minimum absolute atomic E-state index is 0.0118. The van der Waals surface area contributed by atoms with E-state index in [9.17, 15) is 14.9 Å². The first-order valence-corrected chi connectivity index (χ1v) is 6.32. The van der Waals surface area contributed by atoms with Gasteiger partial charge in [-0.3, -0.25) is 19.8 Å². The fourth-order valence-electron chi connectivity index (χ4n) is 2.07. The maximum Gasteiger partial charge on any atom is 0.269 e. The van der Waals surface area contributed by atoms with Gasteiger partial charge in [0.1, 0.15) is 0 Å². The Morgan fingerprint density at radius 3 is 2.58 bits per heavy atom. The summed E-state index contributed by atoms with van der Waals surface area (Å²) in [6, 6.07) is 5.79. The summed E-state index contributed by atoms with van der Waals surface area (Å²) in [5.41, 5.74) is 0.552. The minimum atomic E-state index is -0.464. The highest BCUT2D eigenvalue weighted by Gasteiger charge is 2.12. The third kappa shape index (κ3) is 3.72. The molecule has 1 aromatic carbocycles. The Labute approximate surface area is 111 Å². The topological polar surface area (TPSA) is 63.5 Å². The number of Topliss-reactive ketones (excluding diaryl/α,β-unsaturated/α-hetero) is 1. The van der Waals surface area contributed by atoms with Gasteiger partial charge in [-0.25, -0.2) is 0 Å². The number of nitrogens with zero attached hydrogens (tertiary/aromatic N) is 2. The summed E-state index contributed by atoms with van der Waals surface area (Å²) in [7, 11) is 0. The van der Waals surface area contributed by atoms with Gasteiger partial charge in [-0.05, 0) is 18.6 Å². The quantitative estimate of drug-likeness (QED) is 0.353. The molecular formula is C14H16N2O3. The van der Waals surface area contributed by atoms with Crippen molar-refractivity contribution in [2.45, 2.75) is 12.8 Å². The molecule has 1 heterocycles. The highest BCUT2D eigenvalue weighted by Crippen LogP contribution is 2.13. The molecule has 0 bridgehead atoms. The van der Waals surface area contributed by atoms with E-state index in [0.29, 0.717) is 12.0 Å². The van der Waals surface area contributed by atoms with Crippen LogP contribution in [0.5, 0.6) is 0 Å². The van der Waals surface area contributed by atoms with Crippen LogP contribution in [-0.2, 0) is 0 Å². The molecular weight excluding hydrogens is 244 g/mol. The zero-order valence-electron chi connectivity index (χ0n) is 10.6. The molecule has 0 spiro atoms. The van der Waals surface area contributed by atoms with Crippen LogP contribution in [0.2, 0.25) is 0 Å². The number of non-ortho nitro benzene ring substituents is 1. The van der Waals surface area contributed by atoms with E-state index in [1.807, 2.05) is 0 Å². The van der Waals surface area contributed by atoms with Gasteiger partial charge in [0.2, 0.25) is 0 Å². The zero-order valence-corrected chi connectivity index (χ0v) is 10.6. The number of carbonyl (C=O) groups is 1. The van der Waals surface area contributed by atoms with Crippen molar-refractivity contribution < 1.29 is 9.72 Å². The van der Waals surface area contributed by atoms with Crippen molar-refractivity contribution >= 4 is 11.5 Å². The number of nitro groups is 1. The van der Waals surface area contributed by atoms with Gasteiger partial charge >= 0.3 is 0 Å². The van der Waals surface area contributed by atoms with Crippen molar-refractivity contribution in [3.8, 4) is 0 Å². The average molecular weight is 260 g/mol. The van der Waals surface area contributed by atoms with Gasteiger partial charge in [0.15, 0.2) is 5.78 Å². The molecule has 0 atom stereocenters. The molecule has 1 aliphatic rings. The third-order valence-corrected chi connectivity index (χ3v) is 3.20. The number of carbonyl (C=O) groups excluding carboxylic acids is 1. The molecule has 2 rings (SSSR count). The summed E-state index contributed by atoms with van der Waals surface area (Å²) >= 11 is 0. The first-order valence-electron chi connectivity index (χ1n) is 6.32. The molecule has 5 nitrogen and oxygen atoms in total. The summed E-state index contributed by atoms with van der Waals surface area (Å²) in [6.07, 6.45) is 5.74. The largest absolute Gasteiger partial charge is 0.299 e. The summed E-state index contributed by atoms with van der Waals surface area (Å²) in [5, 5.41) is 10.5. The smallest absolute Gasteiger partial charge is 0.269 e. The normalized spacial score (nSPS) is 15.4. The van der Waals surface area contributed by atoms with Crippen LogP contribution in [0.25, 0.3) is 0 Å². The maximum absolute atomic E-state index is 12.0. The van der Waals surface area contributed by atoms with Gasteiger partial charge < -0.3 is 0 Å². The summed E-state index contributed by atoms with van der Waals surface area (Å²) < 4.78 is 0. The highest BCUT2D eigenvalue weighted by atomic mass is 16.6. The molecule has 100 valence electrons. The summed E-state index contributed by atoms with van der Waals surface area (Å²) in [4.78, 5) is 24.2. The van der Waals surface area contributed by atoms with E-state index in [2.05, 4.69) is 17.1 Å². The Hall–Kier alpha value is -2.01. The zero-order chi connectivity index (χ0) is 13.7. The molecule has 1 aliphatic heterocycles. The van der Waals surface area contributed by atoms with Crippen LogP contribution in [0.4, 0.5) is 5.69 Å². The number of hydrogen-bond acceptors (Lipinski definition) is 4. The molecule has 0 unspecified atom stereocenters. The molecule has 5 heteroatoms. The molecule has 0 aromatic heterocycles. The lowest BCUT2D eigenvalue weighted by molar-refractivity contribution is -0.384. The van der Waals surface area contributed by atoms with Crippen LogP contribution >= 0.6 is 0 Å². The van der Waals surface area contributed by atoms with Gasteiger partial charge in [0, 0.05) is 43.8 Å². The van der Waals surface area contributed by atoms with Crippen LogP contribution in [0, 0.1) is 10.1 Å². The molecule has 19 heavy (non-hydrogen) atoms. The molecule has 0 N–H and O–H groups in total. The van der Waals surface area contributed by atoms with Crippen LogP contribution in [0.3, 0.4) is 0 Å². The van der Waals surface area contributed by atoms with E-state index < -0.39 is 4.92 Å². The molecule has 0 radical (unpaired) electrons. The molecule has 0 aliphatic carbocycles. The highest BCUT2D eigenvalue weighted by molar-refractivity contribution is 5.96. The van der Waals surface area contributed by atoms with Crippen LogP contribution in [-0.4, -0.2) is 35.2 Å². The number of ketones is 1. The van der Waals surface area contributed by atoms with E-state index in [1.165, 1.54) is 24.3 Å². The standard InChI is InChI=1S/C14H16N2O3/c17-14(8-11-15-9-2-1-3-10-15)12-4-6-13(7-5-12)16(18)19/h1-2,4-7H,3,8-11H2. The van der Waals surface area contributed by atoms with Crippen LogP contribution in [0.1, 0.15) is 23.2 Å². The fraction of sp³-hybridized carbons (Fsp3) is 0.357. The van der Waals surface area contributed by atoms with E-state index in [0.717, 1.165) is 26.1 Å². The lowest BCUT2D eigenvalue weighted by Gasteiger charge is -2.22. The van der Waals surface area contributed by atoms with Crippen molar-refractivity contribution in [3.63, 3.8) is 0 Å². The number of benzene rings is 1. The Balaban J connectivity index is 1.88. The first-order chi connectivity index (χ1) is 9.16. The van der Waals surface area contributed by atoms with Crippen molar-refractivity contribution in [1.82, 2.24) is 4.90 Å². The molecule has 0 saturated heterocycles. The van der Waals surface area contributed by atoms with Gasteiger partial charge in [-0.2, -0.15) is 0 Å². The molecule has 1 aromatic rings. The maximum atomic E-state index is 12.0. The summed E-state index contributed by atoms with van der Waals surface area (Å²) in [6.45, 7) is 2.62. The SMILES string of the molecule is O=C(CCN1CC=CCC1)c1ccc([N+](=O)[O-])cc1. The lowest BCUT2D eigenvalue weighted by Crippen LogP contribution is -2.29. The Morgan fingerprint density at radius 1 is 1.26 bits per heavy atom. The van der Waals surface area contributed by atoms with Crippen LogP contribution < -0.4 is 0 Å². The Bertz CT molecular complexity index is 494. The third-order valence-electron chi connectivity index (χ3n) is 3.20. The lowest BCUT2D eigenvalue weighted by atomic mass is 10.1. The van der Waals surface area contributed by atoms with Crippen LogP contribution in [0.15, 0.2) is 36.4 Å². The van der Waals surface area contributed by atoms with Gasteiger partial charge in [0.25, 0.3) is 5.69 Å². The van der Waals surface area contributed by atoms with E-state index in [1.54, 1.807) is 0 Å². The monoisotopic (exact) mass is 260 g/mol. The van der Waals surface area contributed by atoms with E-state index in [-0.39, 0.29) is 11.5 Å². The molecule has 0 amide bonds. The van der Waals surface area contributed by atoms with Gasteiger partial charge in [0.05, 0.1) is 4.92 Å². The van der Waals surface area contributed by atoms with Gasteiger partial charge in [-0.15, -0.1) is 0 Å². The number of rotatable bonds is 5. The second-order valence-electron chi connectivity index (χ2n) is 4.54. The van der Waals surface area contributed by atoms with E-state index >= 15 is 0 Å². The van der Waals surface area contributed by atoms with Gasteiger partial charge in [-0.1, -0.05) is 12.2 Å². The predicted octanol–water partition coefficient (Wildman–Crippen LogP) is 2.43. The second-order valence-corrected chi connectivity index (χ2v) is 4.54. The second kappa shape index (κ2) is 6.24. The first kappa shape index (κ1) is 13.4. The molecule has 0 saturated carbocycles. The average Bonchev–Trinajstić information content (AvgIpc) is 2.46. The Kier molecular flexibility index (Phi) is 4.41. The van der Waals surface area contributed by atoms with Crippen molar-refractivity contribution in [2.24, 2.45) is 0 Å². The minimum Gasteiger partial charge on any atom is -0.299 e. The summed E-state index contributed by atoms with van der Waals surface area (Å²) in [5.74, 6) is 0.0319. The van der Waals surface area contributed by atoms with E-state index in [4.69, 9.17) is 0 Å². The van der Waals surface area contributed by atoms with Crippen molar-refractivity contribution in [3.05, 3.63) is 52.1 Å². The number of nitro benzene ring substituents is 1. The Morgan fingerprint density at radius 2 is 2.00 bits per heavy atom. The molecule has 0 fully saturated rings.